The molecule has 0 radical (unpaired) electrons. The summed E-state index contributed by atoms with van der Waals surface area (Å²) in [5.74, 6) is -5.82. The van der Waals surface area contributed by atoms with Gasteiger partial charge < -0.3 is 24.5 Å². The Morgan fingerprint density at radius 2 is 2.11 bits per heavy atom. The van der Waals surface area contributed by atoms with Gasteiger partial charge in [-0.15, -0.1) is 0 Å². The molecular weight excluding hydrogens is 481 g/mol. The third kappa shape index (κ3) is 5.26. The van der Waals surface area contributed by atoms with Crippen LogP contribution < -0.4 is 14.8 Å². The highest BCUT2D eigenvalue weighted by Gasteiger charge is 2.46. The summed E-state index contributed by atoms with van der Waals surface area (Å²) in [4.78, 5) is 24.8. The first-order valence-corrected chi connectivity index (χ1v) is 10.5. The highest BCUT2D eigenvalue weighted by atomic mass is 19.3. The summed E-state index contributed by atoms with van der Waals surface area (Å²) in [5, 5.41) is 12.3. The number of aliphatic hydroxyl groups is 1. The van der Waals surface area contributed by atoms with Gasteiger partial charge in [0.15, 0.2) is 11.4 Å². The van der Waals surface area contributed by atoms with Crippen molar-refractivity contribution < 1.29 is 41.3 Å². The van der Waals surface area contributed by atoms with Crippen LogP contribution in [0.5, 0.6) is 17.5 Å². The predicted molar refractivity (Wildman–Crippen MR) is 110 cm³/mol. The van der Waals surface area contributed by atoms with Crippen LogP contribution in [0, 0.1) is 5.82 Å². The van der Waals surface area contributed by atoms with Gasteiger partial charge in [-0.2, -0.15) is 4.98 Å². The lowest BCUT2D eigenvalue weighted by atomic mass is 9.89. The standard InChI is InChI=1S/C21H20F5N5O4/c1-31-17-12(28-18(31)19(33)29-11-3-2-6-21(25,26)16(11)32)4-5-15(30-17)35-20-13(34-9-14(23)24)7-10(22)8-27-20/h4-5,7-8,11,14,16,32H,2-3,6,9H2,1H3,(H,29,33)/t11-,16+/m0/s1. The minimum atomic E-state index is -3.30. The molecule has 0 bridgehead atoms. The molecule has 2 atom stereocenters. The number of imidazole rings is 1. The minimum absolute atomic E-state index is 0.0872. The van der Waals surface area contributed by atoms with Gasteiger partial charge >= 0.3 is 0 Å². The zero-order chi connectivity index (χ0) is 25.3. The number of amides is 1. The normalized spacial score (nSPS) is 19.7. The molecule has 1 amide bonds. The van der Waals surface area contributed by atoms with Crippen molar-refractivity contribution >= 4 is 17.1 Å². The van der Waals surface area contributed by atoms with Crippen molar-refractivity contribution in [3.8, 4) is 17.5 Å². The van der Waals surface area contributed by atoms with Crippen LogP contribution >= 0.6 is 0 Å². The maximum atomic E-state index is 13.8. The molecule has 0 unspecified atom stereocenters. The third-order valence-electron chi connectivity index (χ3n) is 5.40. The first kappa shape index (κ1) is 24.6. The number of aromatic nitrogens is 4. The van der Waals surface area contributed by atoms with Crippen LogP contribution in [0.4, 0.5) is 22.0 Å². The molecule has 3 aromatic heterocycles. The van der Waals surface area contributed by atoms with Crippen molar-refractivity contribution in [1.82, 2.24) is 24.8 Å². The maximum Gasteiger partial charge on any atom is 0.287 e. The predicted octanol–water partition coefficient (Wildman–Crippen LogP) is 3.22. The van der Waals surface area contributed by atoms with Gasteiger partial charge in [-0.1, -0.05) is 0 Å². The molecule has 1 aliphatic rings. The average Bonchev–Trinajstić information content (AvgIpc) is 3.13. The van der Waals surface area contributed by atoms with Crippen LogP contribution in [0.1, 0.15) is 29.9 Å². The van der Waals surface area contributed by atoms with Crippen molar-refractivity contribution in [2.75, 3.05) is 6.61 Å². The van der Waals surface area contributed by atoms with E-state index in [1.807, 2.05) is 0 Å². The molecule has 1 saturated carbocycles. The molecule has 3 aromatic rings. The first-order valence-electron chi connectivity index (χ1n) is 10.5. The van der Waals surface area contributed by atoms with E-state index in [1.165, 1.54) is 23.7 Å². The monoisotopic (exact) mass is 501 g/mol. The van der Waals surface area contributed by atoms with Gasteiger partial charge in [0.05, 0.1) is 12.2 Å². The lowest BCUT2D eigenvalue weighted by Crippen LogP contribution is -2.54. The third-order valence-corrected chi connectivity index (χ3v) is 5.40. The Kier molecular flexibility index (Phi) is 6.74. The van der Waals surface area contributed by atoms with E-state index in [4.69, 9.17) is 9.47 Å². The number of pyridine rings is 2. The number of carbonyl (C=O) groups is 1. The molecule has 2 N–H and O–H groups in total. The molecule has 14 heteroatoms. The van der Waals surface area contributed by atoms with E-state index in [1.54, 1.807) is 0 Å². The fourth-order valence-electron chi connectivity index (χ4n) is 3.69. The zero-order valence-electron chi connectivity index (χ0n) is 18.2. The minimum Gasteiger partial charge on any atom is -0.482 e. The van der Waals surface area contributed by atoms with Crippen LogP contribution in [-0.4, -0.2) is 61.6 Å². The van der Waals surface area contributed by atoms with E-state index in [0.29, 0.717) is 0 Å². The zero-order valence-corrected chi connectivity index (χ0v) is 18.2. The van der Waals surface area contributed by atoms with Crippen LogP contribution in [0.25, 0.3) is 11.2 Å². The molecule has 188 valence electrons. The van der Waals surface area contributed by atoms with Gasteiger partial charge in [-0.25, -0.2) is 31.9 Å². The van der Waals surface area contributed by atoms with Crippen LogP contribution in [0.2, 0.25) is 0 Å². The molecule has 0 saturated heterocycles. The quantitative estimate of drug-likeness (QED) is 0.479. The number of halogens is 5. The van der Waals surface area contributed by atoms with Crippen molar-refractivity contribution in [2.45, 2.75) is 43.8 Å². The highest BCUT2D eigenvalue weighted by Crippen LogP contribution is 2.34. The lowest BCUT2D eigenvalue weighted by molar-refractivity contribution is -0.142. The topological polar surface area (TPSA) is 111 Å². The second kappa shape index (κ2) is 9.60. The number of nitrogens with one attached hydrogen (secondary N) is 1. The Bertz CT molecular complexity index is 1240. The summed E-state index contributed by atoms with van der Waals surface area (Å²) in [5.41, 5.74) is 0.431. The summed E-state index contributed by atoms with van der Waals surface area (Å²) in [6.07, 6.45) is -4.15. The SMILES string of the molecule is Cn1c(C(=O)N[C@H]2CCCC(F)(F)[C@@H]2O)nc2ccc(Oc3ncc(F)cc3OCC(F)F)nc21. The molecule has 35 heavy (non-hydrogen) atoms. The van der Waals surface area contributed by atoms with Gasteiger partial charge in [0, 0.05) is 25.6 Å². The molecule has 0 aromatic carbocycles. The van der Waals surface area contributed by atoms with Gasteiger partial charge in [0.2, 0.25) is 11.7 Å². The van der Waals surface area contributed by atoms with Crippen LogP contribution in [0.15, 0.2) is 24.4 Å². The second-order valence-electron chi connectivity index (χ2n) is 7.93. The molecule has 9 nitrogen and oxygen atoms in total. The van der Waals surface area contributed by atoms with E-state index < -0.39 is 49.2 Å². The average molecular weight is 501 g/mol. The van der Waals surface area contributed by atoms with Crippen LogP contribution in [0.3, 0.4) is 0 Å². The fraction of sp³-hybridized carbons (Fsp3) is 0.429. The van der Waals surface area contributed by atoms with Crippen LogP contribution in [-0.2, 0) is 7.05 Å². The van der Waals surface area contributed by atoms with Gasteiger partial charge in [0.25, 0.3) is 24.1 Å². The molecule has 3 heterocycles. The summed E-state index contributed by atoms with van der Waals surface area (Å²) in [6.45, 7) is -1.00. The largest absolute Gasteiger partial charge is 0.482 e. The maximum absolute atomic E-state index is 13.8. The number of rotatable bonds is 7. The number of hydrogen-bond acceptors (Lipinski definition) is 7. The number of alkyl halides is 4. The van der Waals surface area contributed by atoms with Crippen molar-refractivity contribution in [2.24, 2.45) is 7.05 Å². The molecule has 0 aliphatic heterocycles. The van der Waals surface area contributed by atoms with E-state index in [2.05, 4.69) is 20.3 Å². The molecule has 4 rings (SSSR count). The number of fused-ring (bicyclic) bond motifs is 1. The van der Waals surface area contributed by atoms with Crippen molar-refractivity contribution in [1.29, 1.82) is 0 Å². The molecule has 1 aliphatic carbocycles. The smallest absolute Gasteiger partial charge is 0.287 e. The fourth-order valence-corrected chi connectivity index (χ4v) is 3.69. The Hall–Kier alpha value is -3.55. The Morgan fingerprint density at radius 1 is 1.34 bits per heavy atom. The number of carbonyl (C=O) groups excluding carboxylic acids is 1. The van der Waals surface area contributed by atoms with E-state index in [0.717, 1.165) is 12.3 Å². The van der Waals surface area contributed by atoms with Gasteiger partial charge in [-0.3, -0.25) is 4.79 Å². The molecule has 1 fully saturated rings. The Balaban J connectivity index is 1.55. The van der Waals surface area contributed by atoms with Gasteiger partial charge in [-0.05, 0) is 18.9 Å². The Morgan fingerprint density at radius 3 is 2.86 bits per heavy atom. The van der Waals surface area contributed by atoms with Crippen molar-refractivity contribution in [3.63, 3.8) is 0 Å². The van der Waals surface area contributed by atoms with E-state index >= 15 is 0 Å². The lowest BCUT2D eigenvalue weighted by Gasteiger charge is -2.34. The number of ether oxygens (including phenoxy) is 2. The van der Waals surface area contributed by atoms with E-state index in [-0.39, 0.29) is 47.3 Å². The summed E-state index contributed by atoms with van der Waals surface area (Å²) < 4.78 is 77.6. The first-order chi connectivity index (χ1) is 16.5. The van der Waals surface area contributed by atoms with Gasteiger partial charge in [0.1, 0.15) is 24.0 Å². The summed E-state index contributed by atoms with van der Waals surface area (Å²) in [6, 6.07) is 2.49. The Labute approximate surface area is 194 Å². The number of nitrogens with zero attached hydrogens (tertiary/aromatic N) is 4. The second-order valence-corrected chi connectivity index (χ2v) is 7.93. The summed E-state index contributed by atoms with van der Waals surface area (Å²) in [7, 11) is 1.46. The number of aliphatic hydroxyl groups excluding tert-OH is 1. The summed E-state index contributed by atoms with van der Waals surface area (Å²) >= 11 is 0. The molecular formula is C21H20F5N5O4. The van der Waals surface area contributed by atoms with E-state index in [9.17, 15) is 31.9 Å². The van der Waals surface area contributed by atoms with Crippen molar-refractivity contribution in [3.05, 3.63) is 36.0 Å². The number of hydrogen-bond donors (Lipinski definition) is 2. The highest BCUT2D eigenvalue weighted by molar-refractivity contribution is 5.94. The number of aryl methyl sites for hydroxylation is 1. The molecule has 0 spiro atoms.